The minimum atomic E-state index is -0.978. The maximum atomic E-state index is 13.0. The van der Waals surface area contributed by atoms with E-state index in [4.69, 9.17) is 11.5 Å². The Bertz CT molecular complexity index is 1200. The van der Waals surface area contributed by atoms with Crippen molar-refractivity contribution in [2.24, 2.45) is 11.5 Å². The number of amides is 3. The van der Waals surface area contributed by atoms with Gasteiger partial charge in [0.05, 0.1) is 11.2 Å². The second-order valence-electron chi connectivity index (χ2n) is 11.2. The van der Waals surface area contributed by atoms with E-state index in [-0.39, 0.29) is 42.2 Å². The van der Waals surface area contributed by atoms with Crippen LogP contribution < -0.4 is 22.5 Å². The van der Waals surface area contributed by atoms with Crippen LogP contribution in [0.1, 0.15) is 46.1 Å². The number of aromatic nitrogens is 2. The Kier molecular flexibility index (Phi) is 9.76. The predicted molar refractivity (Wildman–Crippen MR) is 154 cm³/mol. The molecule has 0 aliphatic carbocycles. The lowest BCUT2D eigenvalue weighted by Gasteiger charge is -2.45. The maximum absolute atomic E-state index is 13.0. The molecule has 12 heteroatoms. The summed E-state index contributed by atoms with van der Waals surface area (Å²) in [5, 5.41) is 2.73. The van der Waals surface area contributed by atoms with Crippen molar-refractivity contribution < 1.29 is 9.59 Å². The quantitative estimate of drug-likeness (QED) is 0.505. The number of hydrogen-bond donors (Lipinski definition) is 3. The second-order valence-corrected chi connectivity index (χ2v) is 11.2. The number of nitrogens with one attached hydrogen (secondary N) is 1. The molecule has 0 spiro atoms. The molecule has 3 heterocycles. The lowest BCUT2D eigenvalue weighted by atomic mass is 10.0. The summed E-state index contributed by atoms with van der Waals surface area (Å²) in [4.78, 5) is 48.3. The number of piperazine rings is 1. The summed E-state index contributed by atoms with van der Waals surface area (Å²) in [7, 11) is 0. The van der Waals surface area contributed by atoms with E-state index < -0.39 is 11.2 Å². The highest BCUT2D eigenvalue weighted by molar-refractivity contribution is 5.89. The van der Waals surface area contributed by atoms with Gasteiger partial charge in [-0.1, -0.05) is 12.1 Å². The van der Waals surface area contributed by atoms with Crippen LogP contribution in [0.5, 0.6) is 0 Å². The van der Waals surface area contributed by atoms with Crippen LogP contribution in [0.3, 0.4) is 0 Å². The first-order valence-corrected chi connectivity index (χ1v) is 13.3. The van der Waals surface area contributed by atoms with E-state index in [1.54, 1.807) is 35.9 Å². The molecule has 0 radical (unpaired) electrons. The van der Waals surface area contributed by atoms with Gasteiger partial charge < -0.3 is 21.3 Å². The van der Waals surface area contributed by atoms with Crippen LogP contribution in [0, 0.1) is 0 Å². The number of anilines is 1. The zero-order valence-electron chi connectivity index (χ0n) is 23.2. The van der Waals surface area contributed by atoms with Crippen LogP contribution in [0.25, 0.3) is 5.69 Å². The fourth-order valence-corrected chi connectivity index (χ4v) is 5.04. The Morgan fingerprint density at radius 3 is 2.21 bits per heavy atom. The van der Waals surface area contributed by atoms with Gasteiger partial charge in [-0.3, -0.25) is 19.6 Å². The van der Waals surface area contributed by atoms with Crippen LogP contribution in [0.4, 0.5) is 10.6 Å². The summed E-state index contributed by atoms with van der Waals surface area (Å²) in [5.74, 6) is 0.0316. The van der Waals surface area contributed by atoms with Crippen molar-refractivity contribution in [3.8, 4) is 5.69 Å². The normalized spacial score (nSPS) is 20.9. The molecule has 2 atom stereocenters. The van der Waals surface area contributed by atoms with E-state index in [0.717, 1.165) is 32.5 Å². The van der Waals surface area contributed by atoms with Gasteiger partial charge >= 0.3 is 11.7 Å². The summed E-state index contributed by atoms with van der Waals surface area (Å²) in [6, 6.07) is 8.97. The Hall–Kier alpha value is -2.99. The average Bonchev–Trinajstić information content (AvgIpc) is 2.86. The van der Waals surface area contributed by atoms with Gasteiger partial charge in [-0.05, 0) is 77.4 Å². The molecule has 214 valence electrons. The number of hydrogen-bond acceptors (Lipinski definition) is 7. The molecule has 2 aliphatic heterocycles. The molecule has 0 bridgehead atoms. The second kappa shape index (κ2) is 12.5. The third-order valence-corrected chi connectivity index (χ3v) is 7.35. The molecule has 1 aromatic heterocycles. The number of benzene rings is 1. The van der Waals surface area contributed by atoms with Gasteiger partial charge in [0.15, 0.2) is 0 Å². The van der Waals surface area contributed by atoms with E-state index in [2.05, 4.69) is 15.2 Å². The molecular formula is C27H41ClN8O3. The van der Waals surface area contributed by atoms with Crippen molar-refractivity contribution in [3.05, 3.63) is 52.6 Å². The number of carbonyl (C=O) groups is 2. The Morgan fingerprint density at radius 2 is 1.62 bits per heavy atom. The number of urea groups is 1. The molecular weight excluding hydrogens is 520 g/mol. The number of piperidine rings is 1. The molecule has 2 fully saturated rings. The maximum Gasteiger partial charge on any atom is 0.354 e. The standard InChI is InChI=1S/C27H40N8O3.ClH/c1-18-16-35(19(2)15-34(18)24(36)27(3,4)29)26(38)31-23-11-14-33(25(37)30-23)22-7-5-20(6-8-22)17-32-12-9-21(28)10-13-32;/h5-8,11,14,18-19,21H,9-10,12-13,15-17,28-29H2,1-4H3,(H,30,31,37,38);1H/t18-,19+;/m0./s1. The highest BCUT2D eigenvalue weighted by Crippen LogP contribution is 2.20. The summed E-state index contributed by atoms with van der Waals surface area (Å²) in [6.45, 7) is 10.7. The van der Waals surface area contributed by atoms with Gasteiger partial charge in [0.25, 0.3) is 0 Å². The summed E-state index contributed by atoms with van der Waals surface area (Å²) < 4.78 is 1.45. The first-order chi connectivity index (χ1) is 17.9. The molecule has 11 nitrogen and oxygen atoms in total. The number of nitrogens with zero attached hydrogens (tertiary/aromatic N) is 5. The predicted octanol–water partition coefficient (Wildman–Crippen LogP) is 1.77. The lowest BCUT2D eigenvalue weighted by Crippen LogP contribution is -2.64. The Morgan fingerprint density at radius 1 is 1.03 bits per heavy atom. The molecule has 0 unspecified atom stereocenters. The fourth-order valence-electron chi connectivity index (χ4n) is 5.04. The third-order valence-electron chi connectivity index (χ3n) is 7.35. The summed E-state index contributed by atoms with van der Waals surface area (Å²) >= 11 is 0. The van der Waals surface area contributed by atoms with Gasteiger partial charge in [0.2, 0.25) is 5.91 Å². The molecule has 2 aliphatic rings. The van der Waals surface area contributed by atoms with Crippen molar-refractivity contribution in [1.29, 1.82) is 0 Å². The van der Waals surface area contributed by atoms with Gasteiger partial charge in [0.1, 0.15) is 5.82 Å². The number of nitrogens with two attached hydrogens (primary N) is 2. The average molecular weight is 561 g/mol. The monoisotopic (exact) mass is 560 g/mol. The highest BCUT2D eigenvalue weighted by atomic mass is 35.5. The van der Waals surface area contributed by atoms with Crippen molar-refractivity contribution >= 4 is 30.2 Å². The van der Waals surface area contributed by atoms with Crippen LogP contribution >= 0.6 is 12.4 Å². The highest BCUT2D eigenvalue weighted by Gasteiger charge is 2.38. The number of halogens is 1. The van der Waals surface area contributed by atoms with Crippen molar-refractivity contribution in [1.82, 2.24) is 24.3 Å². The van der Waals surface area contributed by atoms with E-state index in [1.165, 1.54) is 10.1 Å². The number of carbonyl (C=O) groups excluding carboxylic acids is 2. The van der Waals surface area contributed by atoms with Crippen LogP contribution in [0.15, 0.2) is 41.3 Å². The van der Waals surface area contributed by atoms with Gasteiger partial charge in [0, 0.05) is 44.0 Å². The first-order valence-electron chi connectivity index (χ1n) is 13.3. The number of rotatable bonds is 5. The van der Waals surface area contributed by atoms with E-state index in [9.17, 15) is 14.4 Å². The molecule has 3 amide bonds. The molecule has 4 rings (SSSR count). The van der Waals surface area contributed by atoms with E-state index >= 15 is 0 Å². The SMILES string of the molecule is C[C@@H]1CN(C(=O)C(C)(C)N)[C@@H](C)CN1C(=O)Nc1ccn(-c2ccc(CN3CCC(N)CC3)cc2)c(=O)n1.Cl. The van der Waals surface area contributed by atoms with Crippen molar-refractivity contribution in [2.75, 3.05) is 31.5 Å². The zero-order valence-corrected chi connectivity index (χ0v) is 24.0. The summed E-state index contributed by atoms with van der Waals surface area (Å²) in [5.41, 5.74) is 12.4. The first kappa shape index (κ1) is 30.6. The summed E-state index contributed by atoms with van der Waals surface area (Å²) in [6.07, 6.45) is 3.64. The molecule has 2 aromatic rings. The molecule has 1 aromatic carbocycles. The third kappa shape index (κ3) is 7.36. The Balaban J connectivity index is 0.00000420. The Labute approximate surface area is 235 Å². The van der Waals surface area contributed by atoms with E-state index in [1.807, 2.05) is 38.1 Å². The lowest BCUT2D eigenvalue weighted by molar-refractivity contribution is -0.141. The van der Waals surface area contributed by atoms with Gasteiger partial charge in [-0.15, -0.1) is 12.4 Å². The van der Waals surface area contributed by atoms with Crippen molar-refractivity contribution in [2.45, 2.75) is 70.7 Å². The van der Waals surface area contributed by atoms with Gasteiger partial charge in [-0.2, -0.15) is 4.98 Å². The molecule has 5 N–H and O–H groups in total. The van der Waals surface area contributed by atoms with Crippen LogP contribution in [0.2, 0.25) is 0 Å². The topological polar surface area (TPSA) is 143 Å². The number of likely N-dealkylation sites (tertiary alicyclic amines) is 1. The van der Waals surface area contributed by atoms with Crippen LogP contribution in [-0.4, -0.2) is 86.0 Å². The molecule has 39 heavy (non-hydrogen) atoms. The van der Waals surface area contributed by atoms with Crippen LogP contribution in [-0.2, 0) is 11.3 Å². The molecule has 0 saturated carbocycles. The van der Waals surface area contributed by atoms with Crippen molar-refractivity contribution in [3.63, 3.8) is 0 Å². The minimum absolute atomic E-state index is 0. The largest absolute Gasteiger partial charge is 0.354 e. The minimum Gasteiger partial charge on any atom is -0.335 e. The zero-order chi connectivity index (χ0) is 27.6. The van der Waals surface area contributed by atoms with E-state index in [0.29, 0.717) is 24.8 Å². The van der Waals surface area contributed by atoms with Gasteiger partial charge in [-0.25, -0.2) is 9.59 Å². The smallest absolute Gasteiger partial charge is 0.335 e. The fraction of sp³-hybridized carbons (Fsp3) is 0.556. The molecule has 2 saturated heterocycles.